The molecule has 1 aromatic rings. The molecular weight excluding hydrogens is 280 g/mol. The Kier molecular flexibility index (Phi) is 3.30. The molecule has 20 heavy (non-hydrogen) atoms. The average Bonchev–Trinajstić information content (AvgIpc) is 2.37. The lowest BCUT2D eigenvalue weighted by Gasteiger charge is -2.42. The fourth-order valence-electron chi connectivity index (χ4n) is 2.93. The third-order valence-electron chi connectivity index (χ3n) is 3.76. The van der Waals surface area contributed by atoms with Gasteiger partial charge in [-0.1, -0.05) is 17.7 Å². The standard InChI is InChI=1S/C14H15ClN2O3/c1-8(18)20-10-4-5-17-13(7-10)11-3-2-9(15)6-12(11)16-14(17)19/h2-3,6,10,13H,4-5,7H2,1H3,(H,16,19)/t10?,13-/m0/s1. The molecule has 0 aromatic heterocycles. The number of ether oxygens (including phenoxy) is 1. The molecule has 2 heterocycles. The van der Waals surface area contributed by atoms with Crippen LogP contribution in [0.3, 0.4) is 0 Å². The van der Waals surface area contributed by atoms with Gasteiger partial charge in [0.25, 0.3) is 0 Å². The number of urea groups is 1. The molecule has 0 radical (unpaired) electrons. The van der Waals surface area contributed by atoms with Crippen molar-refractivity contribution in [1.82, 2.24) is 4.90 Å². The van der Waals surface area contributed by atoms with Crippen LogP contribution < -0.4 is 5.32 Å². The first kappa shape index (κ1) is 13.2. The van der Waals surface area contributed by atoms with Crippen molar-refractivity contribution in [1.29, 1.82) is 0 Å². The number of halogens is 1. The first-order valence-corrected chi connectivity index (χ1v) is 6.96. The van der Waals surface area contributed by atoms with E-state index in [1.165, 1.54) is 6.92 Å². The number of rotatable bonds is 1. The van der Waals surface area contributed by atoms with Crippen LogP contribution >= 0.6 is 11.6 Å². The van der Waals surface area contributed by atoms with E-state index in [-0.39, 0.29) is 24.1 Å². The van der Waals surface area contributed by atoms with Crippen LogP contribution in [-0.2, 0) is 9.53 Å². The highest BCUT2D eigenvalue weighted by Crippen LogP contribution is 2.40. The molecule has 0 aliphatic carbocycles. The molecule has 2 atom stereocenters. The molecule has 0 bridgehead atoms. The van der Waals surface area contributed by atoms with Crippen LogP contribution in [0.15, 0.2) is 18.2 Å². The fourth-order valence-corrected chi connectivity index (χ4v) is 3.10. The lowest BCUT2D eigenvalue weighted by atomic mass is 9.91. The van der Waals surface area contributed by atoms with Crippen molar-refractivity contribution >= 4 is 29.3 Å². The number of fused-ring (bicyclic) bond motifs is 3. The molecule has 1 unspecified atom stereocenters. The molecule has 0 spiro atoms. The maximum atomic E-state index is 12.1. The lowest BCUT2D eigenvalue weighted by Crippen LogP contribution is -2.48. The van der Waals surface area contributed by atoms with Crippen molar-refractivity contribution in [3.8, 4) is 0 Å². The Bertz CT molecular complexity index is 576. The number of hydrogen-bond acceptors (Lipinski definition) is 3. The van der Waals surface area contributed by atoms with Crippen LogP contribution in [0.25, 0.3) is 0 Å². The summed E-state index contributed by atoms with van der Waals surface area (Å²) < 4.78 is 5.29. The Balaban J connectivity index is 1.90. The van der Waals surface area contributed by atoms with Crippen molar-refractivity contribution in [3.05, 3.63) is 28.8 Å². The summed E-state index contributed by atoms with van der Waals surface area (Å²) in [4.78, 5) is 25.0. The second-order valence-electron chi connectivity index (χ2n) is 5.13. The molecule has 0 saturated carbocycles. The second-order valence-corrected chi connectivity index (χ2v) is 5.56. The summed E-state index contributed by atoms with van der Waals surface area (Å²) in [5.41, 5.74) is 1.76. The minimum atomic E-state index is -0.278. The summed E-state index contributed by atoms with van der Waals surface area (Å²) in [6.45, 7) is 1.99. The van der Waals surface area contributed by atoms with E-state index in [0.29, 0.717) is 24.4 Å². The predicted octanol–water partition coefficient (Wildman–Crippen LogP) is 2.95. The quantitative estimate of drug-likeness (QED) is 0.810. The molecule has 1 N–H and O–H groups in total. The number of anilines is 1. The number of esters is 1. The molecule has 3 rings (SSSR count). The Hall–Kier alpha value is -1.75. The zero-order valence-corrected chi connectivity index (χ0v) is 11.8. The number of nitrogens with zero attached hydrogens (tertiary/aromatic N) is 1. The molecule has 2 aliphatic heterocycles. The zero-order chi connectivity index (χ0) is 14.3. The predicted molar refractivity (Wildman–Crippen MR) is 74.7 cm³/mol. The Labute approximate surface area is 121 Å². The number of benzene rings is 1. The number of carbonyl (C=O) groups is 2. The van der Waals surface area contributed by atoms with Gasteiger partial charge < -0.3 is 15.0 Å². The molecule has 6 heteroatoms. The molecule has 1 aromatic carbocycles. The van der Waals surface area contributed by atoms with Gasteiger partial charge in [0.2, 0.25) is 0 Å². The molecule has 2 aliphatic rings. The maximum Gasteiger partial charge on any atom is 0.322 e. The average molecular weight is 295 g/mol. The first-order valence-electron chi connectivity index (χ1n) is 6.59. The maximum absolute atomic E-state index is 12.1. The summed E-state index contributed by atoms with van der Waals surface area (Å²) in [6.07, 6.45) is 1.16. The van der Waals surface area contributed by atoms with E-state index < -0.39 is 0 Å². The zero-order valence-electron chi connectivity index (χ0n) is 11.1. The summed E-state index contributed by atoms with van der Waals surface area (Å²) in [5.74, 6) is -0.278. The van der Waals surface area contributed by atoms with E-state index in [1.54, 1.807) is 11.0 Å². The van der Waals surface area contributed by atoms with Gasteiger partial charge in [0.1, 0.15) is 6.10 Å². The van der Waals surface area contributed by atoms with Crippen LogP contribution in [0.5, 0.6) is 0 Å². The summed E-state index contributed by atoms with van der Waals surface area (Å²) in [5, 5.41) is 3.44. The number of hydrogen-bond donors (Lipinski definition) is 1. The number of piperidine rings is 1. The van der Waals surface area contributed by atoms with Gasteiger partial charge in [-0.2, -0.15) is 0 Å². The van der Waals surface area contributed by atoms with Gasteiger partial charge in [-0.25, -0.2) is 4.79 Å². The van der Waals surface area contributed by atoms with Crippen molar-refractivity contribution in [2.75, 3.05) is 11.9 Å². The van der Waals surface area contributed by atoms with Crippen LogP contribution in [-0.4, -0.2) is 29.5 Å². The third kappa shape index (κ3) is 2.33. The van der Waals surface area contributed by atoms with Crippen molar-refractivity contribution < 1.29 is 14.3 Å². The highest BCUT2D eigenvalue weighted by atomic mass is 35.5. The van der Waals surface area contributed by atoms with E-state index in [9.17, 15) is 9.59 Å². The van der Waals surface area contributed by atoms with Crippen molar-refractivity contribution in [2.45, 2.75) is 31.9 Å². The smallest absolute Gasteiger partial charge is 0.322 e. The Morgan fingerprint density at radius 1 is 1.50 bits per heavy atom. The summed E-state index contributed by atoms with van der Waals surface area (Å²) in [7, 11) is 0. The summed E-state index contributed by atoms with van der Waals surface area (Å²) >= 11 is 5.96. The SMILES string of the molecule is CC(=O)OC1CCN2C(=O)Nc3cc(Cl)ccc3[C@@H]2C1. The van der Waals surface area contributed by atoms with Crippen LogP contribution in [0.1, 0.15) is 31.4 Å². The Morgan fingerprint density at radius 2 is 2.30 bits per heavy atom. The lowest BCUT2D eigenvalue weighted by molar-refractivity contribution is -0.149. The number of carbonyl (C=O) groups excluding carboxylic acids is 2. The van der Waals surface area contributed by atoms with Gasteiger partial charge in [-0.15, -0.1) is 0 Å². The monoisotopic (exact) mass is 294 g/mol. The summed E-state index contributed by atoms with van der Waals surface area (Å²) in [6, 6.07) is 5.30. The minimum absolute atomic E-state index is 0.0610. The van der Waals surface area contributed by atoms with E-state index in [4.69, 9.17) is 16.3 Å². The molecule has 5 nitrogen and oxygen atoms in total. The van der Waals surface area contributed by atoms with Gasteiger partial charge in [-0.05, 0) is 17.7 Å². The van der Waals surface area contributed by atoms with Gasteiger partial charge in [0.05, 0.1) is 6.04 Å². The number of amides is 2. The highest BCUT2D eigenvalue weighted by molar-refractivity contribution is 6.31. The van der Waals surface area contributed by atoms with E-state index in [1.807, 2.05) is 12.1 Å². The minimum Gasteiger partial charge on any atom is -0.462 e. The highest BCUT2D eigenvalue weighted by Gasteiger charge is 2.38. The topological polar surface area (TPSA) is 58.6 Å². The van der Waals surface area contributed by atoms with E-state index in [0.717, 1.165) is 11.3 Å². The van der Waals surface area contributed by atoms with E-state index in [2.05, 4.69) is 5.32 Å². The molecule has 1 fully saturated rings. The molecule has 106 valence electrons. The van der Waals surface area contributed by atoms with Crippen LogP contribution in [0.2, 0.25) is 5.02 Å². The van der Waals surface area contributed by atoms with Crippen molar-refractivity contribution in [3.63, 3.8) is 0 Å². The third-order valence-corrected chi connectivity index (χ3v) is 4.00. The first-order chi connectivity index (χ1) is 9.54. The number of nitrogens with one attached hydrogen (secondary N) is 1. The van der Waals surface area contributed by atoms with Gasteiger partial charge in [0, 0.05) is 37.0 Å². The molecule has 1 saturated heterocycles. The van der Waals surface area contributed by atoms with Crippen LogP contribution in [0, 0.1) is 0 Å². The second kappa shape index (κ2) is 4.98. The van der Waals surface area contributed by atoms with Crippen LogP contribution in [0.4, 0.5) is 10.5 Å². The van der Waals surface area contributed by atoms with Gasteiger partial charge >= 0.3 is 12.0 Å². The fraction of sp³-hybridized carbons (Fsp3) is 0.429. The normalized spacial score (nSPS) is 24.5. The Morgan fingerprint density at radius 3 is 3.05 bits per heavy atom. The van der Waals surface area contributed by atoms with Gasteiger partial charge in [-0.3, -0.25) is 4.79 Å². The largest absolute Gasteiger partial charge is 0.462 e. The molecular formula is C14H15ClN2O3. The van der Waals surface area contributed by atoms with Gasteiger partial charge in [0.15, 0.2) is 0 Å². The van der Waals surface area contributed by atoms with Crippen molar-refractivity contribution in [2.24, 2.45) is 0 Å². The van der Waals surface area contributed by atoms with E-state index >= 15 is 0 Å². The molecule has 2 amide bonds.